The number of hydrogen-bond acceptors (Lipinski definition) is 4. The molecule has 0 atom stereocenters. The van der Waals surface area contributed by atoms with Gasteiger partial charge in [0.15, 0.2) is 0 Å². The van der Waals surface area contributed by atoms with Crippen molar-refractivity contribution >= 4 is 10.0 Å². The second-order valence-electron chi connectivity index (χ2n) is 5.21. The fraction of sp³-hybridized carbons (Fsp3) is 0.750. The number of rotatable bonds is 5. The molecule has 0 spiro atoms. The fourth-order valence-corrected chi connectivity index (χ4v) is 3.31. The second-order valence-corrected chi connectivity index (χ2v) is 6.99. The average molecular weight is 286 g/mol. The zero-order valence-corrected chi connectivity index (χ0v) is 12.4. The largest absolute Gasteiger partial charge is 0.338 e. The van der Waals surface area contributed by atoms with Gasteiger partial charge in [0.05, 0.1) is 6.26 Å². The summed E-state index contributed by atoms with van der Waals surface area (Å²) in [5.41, 5.74) is 0. The number of sulfonamides is 1. The van der Waals surface area contributed by atoms with Crippen molar-refractivity contribution in [3.63, 3.8) is 0 Å². The van der Waals surface area contributed by atoms with Gasteiger partial charge in [-0.1, -0.05) is 0 Å². The topological polar surface area (TPSA) is 67.2 Å². The second kappa shape index (κ2) is 6.02. The lowest BCUT2D eigenvalue weighted by molar-refractivity contribution is 0.208. The molecule has 0 saturated carbocycles. The molecule has 0 unspecified atom stereocenters. The molecule has 0 bridgehead atoms. The minimum absolute atomic E-state index is 0.0967. The number of nitrogens with zero attached hydrogens (tertiary/aromatic N) is 3. The summed E-state index contributed by atoms with van der Waals surface area (Å²) in [5.74, 6) is 1.09. The average Bonchev–Trinajstić information content (AvgIpc) is 2.72. The Balaban J connectivity index is 1.73. The van der Waals surface area contributed by atoms with Gasteiger partial charge in [0.1, 0.15) is 5.82 Å². The normalized spacial score (nSPS) is 18.8. The highest BCUT2D eigenvalue weighted by molar-refractivity contribution is 7.88. The van der Waals surface area contributed by atoms with E-state index in [1.54, 1.807) is 0 Å². The summed E-state index contributed by atoms with van der Waals surface area (Å²) in [6, 6.07) is 0.0967. The molecule has 2 heterocycles. The third-order valence-electron chi connectivity index (χ3n) is 3.54. The molecule has 1 aromatic heterocycles. The summed E-state index contributed by atoms with van der Waals surface area (Å²) in [6.07, 6.45) is 7.70. The standard InChI is InChI=1S/C12H22N4O2S/c1-15-10-6-13-12(15)5-9-16-7-3-11(4-8-16)14-19(2,17)18/h6,10-11,14H,3-5,7-9H2,1-2H3. The van der Waals surface area contributed by atoms with Gasteiger partial charge in [-0.05, 0) is 25.9 Å². The van der Waals surface area contributed by atoms with Crippen LogP contribution in [-0.4, -0.2) is 54.8 Å². The Bertz CT molecular complexity index is 504. The minimum atomic E-state index is -3.08. The molecule has 1 saturated heterocycles. The van der Waals surface area contributed by atoms with Crippen LogP contribution in [0.5, 0.6) is 0 Å². The van der Waals surface area contributed by atoms with Gasteiger partial charge in [-0.2, -0.15) is 0 Å². The molecule has 6 nitrogen and oxygen atoms in total. The number of imidazole rings is 1. The van der Waals surface area contributed by atoms with E-state index in [-0.39, 0.29) is 6.04 Å². The summed E-state index contributed by atoms with van der Waals surface area (Å²) in [6.45, 7) is 2.87. The monoisotopic (exact) mass is 286 g/mol. The molecular weight excluding hydrogens is 264 g/mol. The summed E-state index contributed by atoms with van der Waals surface area (Å²) in [5, 5.41) is 0. The number of aromatic nitrogens is 2. The molecule has 108 valence electrons. The maximum absolute atomic E-state index is 11.2. The highest BCUT2D eigenvalue weighted by Gasteiger charge is 2.21. The molecule has 1 aliphatic rings. The highest BCUT2D eigenvalue weighted by Crippen LogP contribution is 2.11. The molecule has 0 amide bonds. The highest BCUT2D eigenvalue weighted by atomic mass is 32.2. The first kappa shape index (κ1) is 14.5. The van der Waals surface area contributed by atoms with Crippen LogP contribution in [0.1, 0.15) is 18.7 Å². The van der Waals surface area contributed by atoms with Gasteiger partial charge in [0.25, 0.3) is 0 Å². The van der Waals surface area contributed by atoms with Crippen molar-refractivity contribution in [3.8, 4) is 0 Å². The van der Waals surface area contributed by atoms with E-state index in [0.717, 1.165) is 44.7 Å². The van der Waals surface area contributed by atoms with Crippen molar-refractivity contribution in [3.05, 3.63) is 18.2 Å². The molecule has 1 aromatic rings. The van der Waals surface area contributed by atoms with Crippen molar-refractivity contribution in [2.75, 3.05) is 25.9 Å². The summed E-state index contributed by atoms with van der Waals surface area (Å²) in [7, 11) is -1.07. The van der Waals surface area contributed by atoms with E-state index in [2.05, 4.69) is 14.6 Å². The zero-order valence-electron chi connectivity index (χ0n) is 11.5. The van der Waals surface area contributed by atoms with Crippen LogP contribution in [-0.2, 0) is 23.5 Å². The van der Waals surface area contributed by atoms with Gasteiger partial charge >= 0.3 is 0 Å². The lowest BCUT2D eigenvalue weighted by atomic mass is 10.1. The van der Waals surface area contributed by atoms with Crippen LogP contribution < -0.4 is 4.72 Å². The van der Waals surface area contributed by atoms with E-state index in [4.69, 9.17) is 0 Å². The first-order chi connectivity index (χ1) is 8.94. The van der Waals surface area contributed by atoms with Crippen LogP contribution in [0.15, 0.2) is 12.4 Å². The SMILES string of the molecule is Cn1ccnc1CCN1CCC(NS(C)(=O)=O)CC1. The maximum Gasteiger partial charge on any atom is 0.208 e. The smallest absolute Gasteiger partial charge is 0.208 e. The summed E-state index contributed by atoms with van der Waals surface area (Å²) in [4.78, 5) is 6.68. The Morgan fingerprint density at radius 3 is 2.63 bits per heavy atom. The van der Waals surface area contributed by atoms with Crippen LogP contribution >= 0.6 is 0 Å². The summed E-state index contributed by atoms with van der Waals surface area (Å²) < 4.78 is 27.1. The van der Waals surface area contributed by atoms with Gasteiger partial charge in [0.2, 0.25) is 10.0 Å². The van der Waals surface area contributed by atoms with E-state index in [1.165, 1.54) is 6.26 Å². The number of likely N-dealkylation sites (tertiary alicyclic amines) is 1. The molecule has 7 heteroatoms. The predicted octanol–water partition coefficient (Wildman–Crippen LogP) is -0.0238. The Kier molecular flexibility index (Phi) is 4.59. The van der Waals surface area contributed by atoms with E-state index >= 15 is 0 Å². The Hall–Kier alpha value is -0.920. The fourth-order valence-electron chi connectivity index (χ4n) is 2.47. The van der Waals surface area contributed by atoms with Gasteiger partial charge in [-0.15, -0.1) is 0 Å². The van der Waals surface area contributed by atoms with Crippen molar-refractivity contribution in [2.45, 2.75) is 25.3 Å². The van der Waals surface area contributed by atoms with E-state index in [0.29, 0.717) is 0 Å². The molecule has 0 radical (unpaired) electrons. The first-order valence-corrected chi connectivity index (χ1v) is 8.49. The quantitative estimate of drug-likeness (QED) is 0.826. The molecule has 0 aliphatic carbocycles. The Morgan fingerprint density at radius 2 is 2.11 bits per heavy atom. The van der Waals surface area contributed by atoms with E-state index in [9.17, 15) is 8.42 Å². The van der Waals surface area contributed by atoms with Crippen LogP contribution in [0.4, 0.5) is 0 Å². The van der Waals surface area contributed by atoms with Crippen molar-refractivity contribution in [1.29, 1.82) is 0 Å². The maximum atomic E-state index is 11.2. The first-order valence-electron chi connectivity index (χ1n) is 6.60. The van der Waals surface area contributed by atoms with Gasteiger partial charge in [-0.25, -0.2) is 18.1 Å². The van der Waals surface area contributed by atoms with E-state index in [1.807, 2.05) is 24.0 Å². The molecule has 19 heavy (non-hydrogen) atoms. The lowest BCUT2D eigenvalue weighted by Gasteiger charge is -2.31. The van der Waals surface area contributed by atoms with Gasteiger partial charge in [0, 0.05) is 38.4 Å². The molecular formula is C12H22N4O2S. The van der Waals surface area contributed by atoms with Gasteiger partial charge in [-0.3, -0.25) is 0 Å². The van der Waals surface area contributed by atoms with Crippen molar-refractivity contribution < 1.29 is 8.42 Å². The Labute approximate surface area is 114 Å². The van der Waals surface area contributed by atoms with Crippen LogP contribution in [0.2, 0.25) is 0 Å². The number of hydrogen-bond donors (Lipinski definition) is 1. The van der Waals surface area contributed by atoms with Crippen molar-refractivity contribution in [1.82, 2.24) is 19.2 Å². The third kappa shape index (κ3) is 4.59. The van der Waals surface area contributed by atoms with Crippen LogP contribution in [0.3, 0.4) is 0 Å². The van der Waals surface area contributed by atoms with Gasteiger partial charge < -0.3 is 9.47 Å². The number of piperidine rings is 1. The number of nitrogens with one attached hydrogen (secondary N) is 1. The van der Waals surface area contributed by atoms with Crippen molar-refractivity contribution in [2.24, 2.45) is 7.05 Å². The molecule has 2 rings (SSSR count). The predicted molar refractivity (Wildman–Crippen MR) is 74.4 cm³/mol. The molecule has 0 aromatic carbocycles. The Morgan fingerprint density at radius 1 is 1.42 bits per heavy atom. The number of aryl methyl sites for hydroxylation is 1. The van der Waals surface area contributed by atoms with Crippen LogP contribution in [0, 0.1) is 0 Å². The zero-order chi connectivity index (χ0) is 13.9. The van der Waals surface area contributed by atoms with Crippen LogP contribution in [0.25, 0.3) is 0 Å². The minimum Gasteiger partial charge on any atom is -0.338 e. The molecule has 1 fully saturated rings. The summed E-state index contributed by atoms with van der Waals surface area (Å²) >= 11 is 0. The van der Waals surface area contributed by atoms with E-state index < -0.39 is 10.0 Å². The molecule has 1 aliphatic heterocycles. The lowest BCUT2D eigenvalue weighted by Crippen LogP contribution is -2.44. The molecule has 1 N–H and O–H groups in total. The third-order valence-corrected chi connectivity index (χ3v) is 4.30.